The summed E-state index contributed by atoms with van der Waals surface area (Å²) in [5.41, 5.74) is 4.97. The van der Waals surface area contributed by atoms with Crippen molar-refractivity contribution in [2.75, 3.05) is 19.4 Å². The highest BCUT2D eigenvalue weighted by Gasteiger charge is 2.32. The van der Waals surface area contributed by atoms with E-state index < -0.39 is 16.1 Å². The summed E-state index contributed by atoms with van der Waals surface area (Å²) in [5, 5.41) is 2.60. The first-order valence-electron chi connectivity index (χ1n) is 10.4. The van der Waals surface area contributed by atoms with E-state index in [-0.39, 0.29) is 5.09 Å². The van der Waals surface area contributed by atoms with Gasteiger partial charge in [0.05, 0.1) is 6.26 Å². The first kappa shape index (κ1) is 20.9. The zero-order valence-corrected chi connectivity index (χ0v) is 18.5. The van der Waals surface area contributed by atoms with Crippen LogP contribution in [0.1, 0.15) is 54.4 Å². The molecule has 2 aliphatic rings. The third kappa shape index (κ3) is 4.39. The van der Waals surface area contributed by atoms with Crippen LogP contribution in [0.4, 0.5) is 10.5 Å². The highest BCUT2D eigenvalue weighted by molar-refractivity contribution is 7.89. The number of rotatable bonds is 7. The van der Waals surface area contributed by atoms with Gasteiger partial charge in [0.15, 0.2) is 0 Å². The number of furan rings is 1. The molecule has 0 radical (unpaired) electrons. The fourth-order valence-corrected chi connectivity index (χ4v) is 5.19. The van der Waals surface area contributed by atoms with E-state index in [0.29, 0.717) is 18.4 Å². The van der Waals surface area contributed by atoms with Crippen molar-refractivity contribution in [3.8, 4) is 0 Å². The van der Waals surface area contributed by atoms with Crippen molar-refractivity contribution in [2.24, 2.45) is 5.92 Å². The predicted octanol–water partition coefficient (Wildman–Crippen LogP) is 3.85. The standard InChI is InChI=1S/C22H29N3O4S/c1-14(16-7-8-16)18-10-9-17-5-4-6-19(17)21(18)23-22(26)24-30(27,28)20-11-15(13-29-20)12-25(2)3/h9-11,13-14,16H,4-8,12H2,1-3H3,(H2,23,24,26)/t14-/m1/s1. The summed E-state index contributed by atoms with van der Waals surface area (Å²) in [6.07, 6.45) is 6.73. The van der Waals surface area contributed by atoms with E-state index in [1.54, 1.807) is 0 Å². The van der Waals surface area contributed by atoms with Crippen molar-refractivity contribution >= 4 is 21.7 Å². The molecule has 0 bridgehead atoms. The molecule has 162 valence electrons. The molecule has 0 aliphatic heterocycles. The Kier molecular flexibility index (Phi) is 5.63. The zero-order chi connectivity index (χ0) is 21.5. The molecular weight excluding hydrogens is 402 g/mol. The van der Waals surface area contributed by atoms with Crippen LogP contribution < -0.4 is 10.0 Å². The number of sulfonamides is 1. The number of nitrogens with one attached hydrogen (secondary N) is 2. The van der Waals surface area contributed by atoms with Crippen LogP contribution in [0.5, 0.6) is 0 Å². The van der Waals surface area contributed by atoms with E-state index in [1.165, 1.54) is 30.7 Å². The molecule has 1 atom stereocenters. The molecule has 8 heteroatoms. The summed E-state index contributed by atoms with van der Waals surface area (Å²) in [6, 6.07) is 4.93. The molecule has 1 saturated carbocycles. The smallest absolute Gasteiger partial charge is 0.333 e. The molecule has 7 nitrogen and oxygen atoms in total. The summed E-state index contributed by atoms with van der Waals surface area (Å²) in [7, 11) is -0.332. The van der Waals surface area contributed by atoms with Gasteiger partial charge in [-0.1, -0.05) is 19.1 Å². The SMILES string of the molecule is C[C@@H](c1ccc2c(c1NC(=O)NS(=O)(=O)c1cc(CN(C)C)co1)CCC2)C1CC1. The number of nitrogens with zero attached hydrogens (tertiary/aromatic N) is 1. The number of fused-ring (bicyclic) bond motifs is 1. The van der Waals surface area contributed by atoms with E-state index in [2.05, 4.69) is 29.1 Å². The van der Waals surface area contributed by atoms with Gasteiger partial charge in [0.2, 0.25) is 5.09 Å². The van der Waals surface area contributed by atoms with Crippen LogP contribution in [0, 0.1) is 5.92 Å². The van der Waals surface area contributed by atoms with Gasteiger partial charge in [0, 0.05) is 23.9 Å². The summed E-state index contributed by atoms with van der Waals surface area (Å²) in [5.74, 6) is 0.969. The van der Waals surface area contributed by atoms with Crippen molar-refractivity contribution in [1.29, 1.82) is 0 Å². The average Bonchev–Trinajstić information content (AvgIpc) is 3.20. The Hall–Kier alpha value is -2.32. The van der Waals surface area contributed by atoms with Gasteiger partial charge in [0.25, 0.3) is 10.0 Å². The maximum Gasteiger partial charge on any atom is 0.333 e. The third-order valence-electron chi connectivity index (χ3n) is 5.99. The normalized spacial score (nSPS) is 17.1. The van der Waals surface area contributed by atoms with Gasteiger partial charge in [-0.05, 0) is 74.7 Å². The number of carbonyl (C=O) groups is 1. The Morgan fingerprint density at radius 1 is 1.27 bits per heavy atom. The molecular formula is C22H29N3O4S. The molecule has 0 spiro atoms. The molecule has 1 aromatic heterocycles. The Morgan fingerprint density at radius 2 is 2.03 bits per heavy atom. The van der Waals surface area contributed by atoms with Gasteiger partial charge in [0.1, 0.15) is 0 Å². The van der Waals surface area contributed by atoms with Crippen molar-refractivity contribution in [2.45, 2.75) is 56.6 Å². The average molecular weight is 432 g/mol. The Morgan fingerprint density at radius 3 is 2.73 bits per heavy atom. The van der Waals surface area contributed by atoms with Gasteiger partial charge < -0.3 is 14.6 Å². The number of urea groups is 1. The molecule has 2 N–H and O–H groups in total. The Labute approximate surface area is 177 Å². The highest BCUT2D eigenvalue weighted by atomic mass is 32.2. The number of carbonyl (C=O) groups excluding carboxylic acids is 1. The van der Waals surface area contributed by atoms with Crippen molar-refractivity contribution in [3.05, 3.63) is 46.7 Å². The lowest BCUT2D eigenvalue weighted by molar-refractivity contribution is 0.256. The number of aryl methyl sites for hydroxylation is 1. The molecule has 0 saturated heterocycles. The van der Waals surface area contributed by atoms with Gasteiger partial charge in [-0.3, -0.25) is 0 Å². The molecule has 0 unspecified atom stereocenters. The van der Waals surface area contributed by atoms with Crippen LogP contribution >= 0.6 is 0 Å². The van der Waals surface area contributed by atoms with E-state index in [0.717, 1.165) is 41.6 Å². The maximum absolute atomic E-state index is 12.7. The monoisotopic (exact) mass is 431 g/mol. The number of hydrogen-bond donors (Lipinski definition) is 2. The third-order valence-corrected chi connectivity index (χ3v) is 7.19. The fraction of sp³-hybridized carbons (Fsp3) is 0.500. The summed E-state index contributed by atoms with van der Waals surface area (Å²) >= 11 is 0. The molecule has 2 aromatic rings. The Balaban J connectivity index is 1.54. The van der Waals surface area contributed by atoms with E-state index in [9.17, 15) is 13.2 Å². The summed E-state index contributed by atoms with van der Waals surface area (Å²) in [4.78, 5) is 14.6. The van der Waals surface area contributed by atoms with Crippen LogP contribution in [-0.2, 0) is 29.4 Å². The first-order valence-corrected chi connectivity index (χ1v) is 11.9. The highest BCUT2D eigenvalue weighted by Crippen LogP contribution is 2.46. The van der Waals surface area contributed by atoms with E-state index in [4.69, 9.17) is 4.42 Å². The number of benzene rings is 1. The van der Waals surface area contributed by atoms with Crippen molar-refractivity contribution in [3.63, 3.8) is 0 Å². The van der Waals surface area contributed by atoms with Crippen LogP contribution in [-0.4, -0.2) is 33.4 Å². The molecule has 2 amide bonds. The molecule has 1 fully saturated rings. The van der Waals surface area contributed by atoms with Crippen LogP contribution in [0.25, 0.3) is 0 Å². The second-order valence-corrected chi connectivity index (χ2v) is 10.3. The lowest BCUT2D eigenvalue weighted by Gasteiger charge is -2.20. The van der Waals surface area contributed by atoms with Gasteiger partial charge in [-0.2, -0.15) is 8.42 Å². The van der Waals surface area contributed by atoms with Gasteiger partial charge in [-0.25, -0.2) is 9.52 Å². The number of anilines is 1. The minimum absolute atomic E-state index is 0.264. The van der Waals surface area contributed by atoms with Crippen LogP contribution in [0.3, 0.4) is 0 Å². The van der Waals surface area contributed by atoms with Crippen LogP contribution in [0.2, 0.25) is 0 Å². The van der Waals surface area contributed by atoms with Crippen molar-refractivity contribution in [1.82, 2.24) is 9.62 Å². The molecule has 1 heterocycles. The topological polar surface area (TPSA) is 91.7 Å². The zero-order valence-electron chi connectivity index (χ0n) is 17.7. The number of hydrogen-bond acceptors (Lipinski definition) is 5. The predicted molar refractivity (Wildman–Crippen MR) is 115 cm³/mol. The summed E-state index contributed by atoms with van der Waals surface area (Å²) < 4.78 is 32.6. The van der Waals surface area contributed by atoms with Gasteiger partial charge >= 0.3 is 6.03 Å². The van der Waals surface area contributed by atoms with E-state index in [1.807, 2.05) is 19.0 Å². The summed E-state index contributed by atoms with van der Waals surface area (Å²) in [6.45, 7) is 2.73. The minimum Gasteiger partial charge on any atom is -0.451 e. The maximum atomic E-state index is 12.7. The fourth-order valence-electron chi connectivity index (χ4n) is 4.32. The first-order chi connectivity index (χ1) is 14.2. The Bertz CT molecular complexity index is 1050. The minimum atomic E-state index is -4.09. The second kappa shape index (κ2) is 8.07. The largest absolute Gasteiger partial charge is 0.451 e. The lowest BCUT2D eigenvalue weighted by atomic mass is 9.91. The van der Waals surface area contributed by atoms with Crippen LogP contribution in [0.15, 0.2) is 34.0 Å². The number of amides is 2. The second-order valence-electron chi connectivity index (χ2n) is 8.72. The molecule has 4 rings (SSSR count). The van der Waals surface area contributed by atoms with E-state index >= 15 is 0 Å². The lowest BCUT2D eigenvalue weighted by Crippen LogP contribution is -2.34. The molecule has 30 heavy (non-hydrogen) atoms. The molecule has 2 aliphatic carbocycles. The van der Waals surface area contributed by atoms with Gasteiger partial charge in [-0.15, -0.1) is 0 Å². The molecule has 1 aromatic carbocycles. The van der Waals surface area contributed by atoms with Crippen molar-refractivity contribution < 1.29 is 17.6 Å². The quantitative estimate of drug-likeness (QED) is 0.695.